The standard InChI is InChI=1S/C19H19N3O5S/c1-11(23)22-15(18(26)21-17-5-3-4-8-20-17)10-28-19(22)14-9-13(27-12(2)24)6-7-16(14)25/h3-9,15,19,25H,10H2,1-2H3,(H,20,21,26). The maximum atomic E-state index is 12.7. The summed E-state index contributed by atoms with van der Waals surface area (Å²) in [4.78, 5) is 41.7. The van der Waals surface area contributed by atoms with E-state index < -0.39 is 17.4 Å². The molecule has 0 spiro atoms. The molecule has 2 atom stereocenters. The van der Waals surface area contributed by atoms with E-state index >= 15 is 0 Å². The molecule has 2 N–H and O–H groups in total. The van der Waals surface area contributed by atoms with Crippen molar-refractivity contribution in [1.29, 1.82) is 0 Å². The second-order valence-electron chi connectivity index (χ2n) is 6.15. The average molecular weight is 401 g/mol. The van der Waals surface area contributed by atoms with Crippen LogP contribution in [-0.2, 0) is 14.4 Å². The zero-order valence-electron chi connectivity index (χ0n) is 15.3. The Morgan fingerprint density at radius 1 is 1.25 bits per heavy atom. The highest BCUT2D eigenvalue weighted by atomic mass is 32.2. The Balaban J connectivity index is 1.86. The first-order chi connectivity index (χ1) is 13.4. The Morgan fingerprint density at radius 3 is 2.68 bits per heavy atom. The van der Waals surface area contributed by atoms with E-state index in [4.69, 9.17) is 4.74 Å². The van der Waals surface area contributed by atoms with Gasteiger partial charge >= 0.3 is 5.97 Å². The SMILES string of the molecule is CC(=O)Oc1ccc(O)c(C2SCC(C(=O)Nc3ccccn3)N2C(C)=O)c1. The summed E-state index contributed by atoms with van der Waals surface area (Å²) in [6, 6.07) is 8.77. The Kier molecular flexibility index (Phi) is 5.84. The number of aromatic nitrogens is 1. The Labute approximate surface area is 165 Å². The summed E-state index contributed by atoms with van der Waals surface area (Å²) in [7, 11) is 0. The lowest BCUT2D eigenvalue weighted by molar-refractivity contribution is -0.136. The maximum Gasteiger partial charge on any atom is 0.308 e. The number of phenols is 1. The van der Waals surface area contributed by atoms with E-state index in [1.165, 1.54) is 48.7 Å². The summed E-state index contributed by atoms with van der Waals surface area (Å²) in [6.07, 6.45) is 1.56. The molecule has 2 unspecified atom stereocenters. The van der Waals surface area contributed by atoms with Gasteiger partial charge in [-0.1, -0.05) is 6.07 Å². The van der Waals surface area contributed by atoms with Crippen molar-refractivity contribution in [2.45, 2.75) is 25.3 Å². The van der Waals surface area contributed by atoms with E-state index in [1.807, 2.05) is 0 Å². The Bertz CT molecular complexity index is 906. The summed E-state index contributed by atoms with van der Waals surface area (Å²) in [5.41, 5.74) is 0.395. The molecule has 28 heavy (non-hydrogen) atoms. The second-order valence-corrected chi connectivity index (χ2v) is 7.26. The number of amides is 2. The van der Waals surface area contributed by atoms with Gasteiger partial charge in [-0.05, 0) is 30.3 Å². The van der Waals surface area contributed by atoms with E-state index in [1.54, 1.807) is 24.4 Å². The van der Waals surface area contributed by atoms with Gasteiger partial charge in [0.1, 0.15) is 28.7 Å². The van der Waals surface area contributed by atoms with Gasteiger partial charge in [0.15, 0.2) is 0 Å². The van der Waals surface area contributed by atoms with E-state index in [9.17, 15) is 19.5 Å². The molecule has 0 aliphatic carbocycles. The molecule has 146 valence electrons. The molecular formula is C19H19N3O5S. The number of nitrogens with zero attached hydrogens (tertiary/aromatic N) is 2. The molecule has 9 heteroatoms. The van der Waals surface area contributed by atoms with Crippen LogP contribution in [0.2, 0.25) is 0 Å². The minimum Gasteiger partial charge on any atom is -0.508 e. The fourth-order valence-electron chi connectivity index (χ4n) is 2.94. The van der Waals surface area contributed by atoms with Gasteiger partial charge in [-0.2, -0.15) is 0 Å². The molecular weight excluding hydrogens is 382 g/mol. The zero-order valence-corrected chi connectivity index (χ0v) is 16.1. The molecule has 0 bridgehead atoms. The number of phenolic OH excluding ortho intramolecular Hbond substituents is 1. The fraction of sp³-hybridized carbons (Fsp3) is 0.263. The van der Waals surface area contributed by atoms with Crippen molar-refractivity contribution >= 4 is 35.4 Å². The topological polar surface area (TPSA) is 109 Å². The molecule has 0 saturated carbocycles. The van der Waals surface area contributed by atoms with Crippen LogP contribution >= 0.6 is 11.8 Å². The number of carbonyl (C=O) groups is 3. The Hall–Kier alpha value is -3.07. The summed E-state index contributed by atoms with van der Waals surface area (Å²) in [5, 5.41) is 12.4. The van der Waals surface area contributed by atoms with E-state index in [-0.39, 0.29) is 23.3 Å². The summed E-state index contributed by atoms with van der Waals surface area (Å²) in [5.74, 6) is -0.222. The van der Waals surface area contributed by atoms with Crippen LogP contribution < -0.4 is 10.1 Å². The molecule has 0 radical (unpaired) electrons. The second kappa shape index (κ2) is 8.30. The predicted molar refractivity (Wildman–Crippen MR) is 104 cm³/mol. The number of anilines is 1. The number of esters is 1. The molecule has 1 saturated heterocycles. The number of pyridine rings is 1. The molecule has 1 fully saturated rings. The van der Waals surface area contributed by atoms with Crippen LogP contribution in [0.1, 0.15) is 24.8 Å². The minimum atomic E-state index is -0.730. The van der Waals surface area contributed by atoms with Gasteiger partial charge < -0.3 is 20.1 Å². The highest BCUT2D eigenvalue weighted by molar-refractivity contribution is 7.99. The molecule has 1 aromatic carbocycles. The number of benzene rings is 1. The van der Waals surface area contributed by atoms with Crippen molar-refractivity contribution in [2.75, 3.05) is 11.1 Å². The molecule has 2 heterocycles. The first-order valence-electron chi connectivity index (χ1n) is 8.50. The first kappa shape index (κ1) is 19.7. The number of thioether (sulfide) groups is 1. The number of ether oxygens (including phenoxy) is 1. The van der Waals surface area contributed by atoms with Gasteiger partial charge in [-0.15, -0.1) is 11.8 Å². The van der Waals surface area contributed by atoms with Crippen molar-refractivity contribution in [3.8, 4) is 11.5 Å². The van der Waals surface area contributed by atoms with Gasteiger partial charge in [0.05, 0.1) is 0 Å². The number of hydrogen-bond donors (Lipinski definition) is 2. The molecule has 1 aromatic heterocycles. The maximum absolute atomic E-state index is 12.7. The fourth-order valence-corrected chi connectivity index (χ4v) is 4.44. The first-order valence-corrected chi connectivity index (χ1v) is 9.55. The van der Waals surface area contributed by atoms with Crippen LogP contribution in [0.25, 0.3) is 0 Å². The third-order valence-electron chi connectivity index (χ3n) is 4.11. The van der Waals surface area contributed by atoms with Crippen LogP contribution in [0.5, 0.6) is 11.5 Å². The van der Waals surface area contributed by atoms with Gasteiger partial charge in [-0.25, -0.2) is 4.98 Å². The van der Waals surface area contributed by atoms with Crippen molar-refractivity contribution in [2.24, 2.45) is 0 Å². The number of rotatable bonds is 4. The van der Waals surface area contributed by atoms with Gasteiger partial charge in [0, 0.05) is 31.4 Å². The summed E-state index contributed by atoms with van der Waals surface area (Å²) in [6.45, 7) is 2.64. The van der Waals surface area contributed by atoms with E-state index in [2.05, 4.69) is 10.3 Å². The molecule has 8 nitrogen and oxygen atoms in total. The number of hydrogen-bond acceptors (Lipinski definition) is 7. The largest absolute Gasteiger partial charge is 0.508 e. The highest BCUT2D eigenvalue weighted by Gasteiger charge is 2.42. The lowest BCUT2D eigenvalue weighted by atomic mass is 10.1. The Morgan fingerprint density at radius 2 is 2.04 bits per heavy atom. The van der Waals surface area contributed by atoms with Crippen LogP contribution in [0.3, 0.4) is 0 Å². The lowest BCUT2D eigenvalue weighted by Crippen LogP contribution is -2.44. The predicted octanol–water partition coefficient (Wildman–Crippen LogP) is 2.31. The third kappa shape index (κ3) is 4.25. The molecule has 3 rings (SSSR count). The minimum absolute atomic E-state index is 0.0505. The van der Waals surface area contributed by atoms with Crippen molar-refractivity contribution in [3.05, 3.63) is 48.2 Å². The van der Waals surface area contributed by atoms with Gasteiger partial charge in [-0.3, -0.25) is 14.4 Å². The van der Waals surface area contributed by atoms with Crippen LogP contribution in [-0.4, -0.2) is 44.6 Å². The number of carbonyl (C=O) groups excluding carboxylic acids is 3. The monoisotopic (exact) mass is 401 g/mol. The van der Waals surface area contributed by atoms with E-state index in [0.717, 1.165) is 0 Å². The lowest BCUT2D eigenvalue weighted by Gasteiger charge is -2.28. The highest BCUT2D eigenvalue weighted by Crippen LogP contribution is 2.45. The number of nitrogens with one attached hydrogen (secondary N) is 1. The van der Waals surface area contributed by atoms with Crippen LogP contribution in [0.15, 0.2) is 42.6 Å². The molecule has 1 aliphatic rings. The van der Waals surface area contributed by atoms with Crippen molar-refractivity contribution < 1.29 is 24.2 Å². The third-order valence-corrected chi connectivity index (χ3v) is 5.41. The quantitative estimate of drug-likeness (QED) is 0.598. The summed E-state index contributed by atoms with van der Waals surface area (Å²) < 4.78 is 5.07. The normalized spacial score (nSPS) is 18.6. The van der Waals surface area contributed by atoms with E-state index in [0.29, 0.717) is 17.1 Å². The van der Waals surface area contributed by atoms with Crippen molar-refractivity contribution in [3.63, 3.8) is 0 Å². The number of aromatic hydroxyl groups is 1. The molecule has 2 amide bonds. The van der Waals surface area contributed by atoms with Crippen LogP contribution in [0, 0.1) is 0 Å². The zero-order chi connectivity index (χ0) is 20.3. The molecule has 2 aromatic rings. The van der Waals surface area contributed by atoms with Gasteiger partial charge in [0.25, 0.3) is 0 Å². The van der Waals surface area contributed by atoms with Crippen LogP contribution in [0.4, 0.5) is 5.82 Å². The average Bonchev–Trinajstić information content (AvgIpc) is 3.09. The smallest absolute Gasteiger partial charge is 0.308 e. The summed E-state index contributed by atoms with van der Waals surface area (Å²) >= 11 is 1.34. The van der Waals surface area contributed by atoms with Gasteiger partial charge in [0.2, 0.25) is 11.8 Å². The molecule has 1 aliphatic heterocycles. The van der Waals surface area contributed by atoms with Crippen molar-refractivity contribution in [1.82, 2.24) is 9.88 Å².